The molecular formula is C24H20N4O2. The summed E-state index contributed by atoms with van der Waals surface area (Å²) in [5.74, 6) is 8.10. The van der Waals surface area contributed by atoms with Gasteiger partial charge in [-0.15, -0.1) is 0 Å². The number of benzene rings is 2. The van der Waals surface area contributed by atoms with Crippen molar-refractivity contribution in [2.75, 3.05) is 26.6 Å². The summed E-state index contributed by atoms with van der Waals surface area (Å²) < 4.78 is 10.9. The maximum Gasteiger partial charge on any atom is 0.223 e. The molecule has 0 unspecified atom stereocenters. The van der Waals surface area contributed by atoms with E-state index in [1.54, 1.807) is 33.7 Å². The highest BCUT2D eigenvalue weighted by atomic mass is 16.5. The van der Waals surface area contributed by atoms with Crippen molar-refractivity contribution < 1.29 is 9.47 Å². The zero-order valence-electron chi connectivity index (χ0n) is 16.9. The molecule has 4 rings (SSSR count). The summed E-state index contributed by atoms with van der Waals surface area (Å²) in [5.41, 5.74) is 4.23. The van der Waals surface area contributed by atoms with Gasteiger partial charge in [-0.2, -0.15) is 0 Å². The van der Waals surface area contributed by atoms with E-state index in [1.807, 2.05) is 48.5 Å². The van der Waals surface area contributed by atoms with Gasteiger partial charge in [-0.3, -0.25) is 4.98 Å². The fourth-order valence-corrected chi connectivity index (χ4v) is 3.11. The Labute approximate surface area is 174 Å². The normalized spacial score (nSPS) is 10.2. The zero-order chi connectivity index (χ0) is 20.9. The maximum atomic E-state index is 5.48. The molecule has 6 heteroatoms. The first kappa shape index (κ1) is 19.2. The number of hydrogen-bond acceptors (Lipinski definition) is 6. The minimum atomic E-state index is 0.525. The van der Waals surface area contributed by atoms with E-state index in [-0.39, 0.29) is 0 Å². The molecule has 0 aliphatic carbocycles. The minimum absolute atomic E-state index is 0.525. The van der Waals surface area contributed by atoms with Crippen molar-refractivity contribution in [2.45, 2.75) is 0 Å². The number of anilines is 1. The van der Waals surface area contributed by atoms with Crippen LogP contribution in [0, 0.1) is 11.8 Å². The van der Waals surface area contributed by atoms with Crippen LogP contribution in [0.3, 0.4) is 0 Å². The number of fused-ring (bicyclic) bond motifs is 1. The lowest BCUT2D eigenvalue weighted by Gasteiger charge is -2.13. The second kappa shape index (κ2) is 8.50. The van der Waals surface area contributed by atoms with E-state index in [9.17, 15) is 0 Å². The zero-order valence-corrected chi connectivity index (χ0v) is 16.9. The van der Waals surface area contributed by atoms with Crippen LogP contribution in [0.5, 0.6) is 11.5 Å². The van der Waals surface area contributed by atoms with Crippen LogP contribution in [-0.2, 0) is 0 Å². The van der Waals surface area contributed by atoms with Crippen molar-refractivity contribution in [3.63, 3.8) is 0 Å². The number of methoxy groups -OCH3 is 2. The number of pyridine rings is 1. The van der Waals surface area contributed by atoms with Crippen LogP contribution < -0.4 is 14.8 Å². The van der Waals surface area contributed by atoms with Crippen molar-refractivity contribution in [1.82, 2.24) is 15.0 Å². The lowest BCUT2D eigenvalue weighted by molar-refractivity contribution is 0.356. The van der Waals surface area contributed by atoms with Gasteiger partial charge in [0.25, 0.3) is 0 Å². The van der Waals surface area contributed by atoms with Gasteiger partial charge in [-0.1, -0.05) is 24.0 Å². The van der Waals surface area contributed by atoms with E-state index in [4.69, 9.17) is 14.5 Å². The number of nitrogens with zero attached hydrogens (tertiary/aromatic N) is 3. The van der Waals surface area contributed by atoms with Gasteiger partial charge >= 0.3 is 0 Å². The molecule has 0 saturated carbocycles. The summed E-state index contributed by atoms with van der Waals surface area (Å²) in [5, 5.41) is 3.89. The monoisotopic (exact) mass is 396 g/mol. The van der Waals surface area contributed by atoms with Gasteiger partial charge in [0, 0.05) is 47.6 Å². The van der Waals surface area contributed by atoms with Gasteiger partial charge in [0.2, 0.25) is 5.95 Å². The van der Waals surface area contributed by atoms with Crippen molar-refractivity contribution in [2.24, 2.45) is 0 Å². The molecule has 0 saturated heterocycles. The third-order valence-corrected chi connectivity index (χ3v) is 4.57. The standard InChI is InChI=1S/C24H20N4O2/c1-25-24-27-20-14-22(30-3)21(29-2)13-19(20)23(28-24)18-8-4-6-16(12-18)9-10-17-7-5-11-26-15-17/h4-8,11-15H,1-3H3,(H,25,27,28). The number of nitrogens with one attached hydrogen (secondary N) is 1. The smallest absolute Gasteiger partial charge is 0.223 e. The van der Waals surface area contributed by atoms with Crippen LogP contribution in [0.2, 0.25) is 0 Å². The molecule has 6 nitrogen and oxygen atoms in total. The van der Waals surface area contributed by atoms with Crippen LogP contribution in [0.25, 0.3) is 22.2 Å². The Hall–Kier alpha value is -4.11. The molecule has 0 amide bonds. The van der Waals surface area contributed by atoms with Crippen LogP contribution in [0.15, 0.2) is 60.9 Å². The molecular weight excluding hydrogens is 376 g/mol. The van der Waals surface area contributed by atoms with Gasteiger partial charge in [-0.05, 0) is 30.3 Å². The molecule has 148 valence electrons. The third-order valence-electron chi connectivity index (χ3n) is 4.57. The molecule has 0 spiro atoms. The molecule has 0 bridgehead atoms. The summed E-state index contributed by atoms with van der Waals surface area (Å²) in [6.45, 7) is 0. The Kier molecular flexibility index (Phi) is 5.44. The molecule has 1 N–H and O–H groups in total. The average molecular weight is 396 g/mol. The number of rotatable bonds is 4. The number of hydrogen-bond donors (Lipinski definition) is 1. The predicted molar refractivity (Wildman–Crippen MR) is 118 cm³/mol. The van der Waals surface area contributed by atoms with Crippen molar-refractivity contribution >= 4 is 16.9 Å². The second-order valence-electron chi connectivity index (χ2n) is 6.44. The Morgan fingerprint density at radius 3 is 2.37 bits per heavy atom. The molecule has 0 aliphatic heterocycles. The van der Waals surface area contributed by atoms with Crippen molar-refractivity contribution in [3.8, 4) is 34.6 Å². The van der Waals surface area contributed by atoms with Gasteiger partial charge in [0.1, 0.15) is 0 Å². The van der Waals surface area contributed by atoms with Crippen LogP contribution in [-0.4, -0.2) is 36.2 Å². The van der Waals surface area contributed by atoms with E-state index < -0.39 is 0 Å². The van der Waals surface area contributed by atoms with Crippen LogP contribution in [0.4, 0.5) is 5.95 Å². The summed E-state index contributed by atoms with van der Waals surface area (Å²) in [6.07, 6.45) is 3.47. The van der Waals surface area contributed by atoms with Crippen molar-refractivity contribution in [1.29, 1.82) is 0 Å². The lowest BCUT2D eigenvalue weighted by Crippen LogP contribution is -2.00. The fraction of sp³-hybridized carbons (Fsp3) is 0.125. The first-order valence-corrected chi connectivity index (χ1v) is 9.36. The minimum Gasteiger partial charge on any atom is -0.493 e. The average Bonchev–Trinajstić information content (AvgIpc) is 2.81. The van der Waals surface area contributed by atoms with E-state index in [1.165, 1.54) is 0 Å². The van der Waals surface area contributed by atoms with Crippen LogP contribution >= 0.6 is 0 Å². The molecule has 4 aromatic rings. The Balaban J connectivity index is 1.85. The molecule has 2 heterocycles. The van der Waals surface area contributed by atoms with E-state index in [0.717, 1.165) is 33.3 Å². The molecule has 0 aliphatic rings. The highest BCUT2D eigenvalue weighted by molar-refractivity contribution is 5.95. The largest absolute Gasteiger partial charge is 0.493 e. The van der Waals surface area contributed by atoms with Crippen LogP contribution in [0.1, 0.15) is 11.1 Å². The summed E-state index contributed by atoms with van der Waals surface area (Å²) in [7, 11) is 5.01. The quantitative estimate of drug-likeness (QED) is 0.523. The van der Waals surface area contributed by atoms with E-state index in [0.29, 0.717) is 17.4 Å². The highest BCUT2D eigenvalue weighted by Crippen LogP contribution is 2.36. The molecule has 2 aromatic carbocycles. The van der Waals surface area contributed by atoms with Crippen molar-refractivity contribution in [3.05, 3.63) is 72.1 Å². The molecule has 0 fully saturated rings. The molecule has 30 heavy (non-hydrogen) atoms. The molecule has 2 aromatic heterocycles. The fourth-order valence-electron chi connectivity index (χ4n) is 3.11. The Morgan fingerprint density at radius 1 is 0.867 bits per heavy atom. The third kappa shape index (κ3) is 3.87. The maximum absolute atomic E-state index is 5.48. The lowest BCUT2D eigenvalue weighted by atomic mass is 10.0. The Morgan fingerprint density at radius 2 is 1.63 bits per heavy atom. The first-order chi connectivity index (χ1) is 14.7. The van der Waals surface area contributed by atoms with Gasteiger partial charge in [0.05, 0.1) is 25.4 Å². The summed E-state index contributed by atoms with van der Waals surface area (Å²) in [4.78, 5) is 13.4. The topological polar surface area (TPSA) is 69.2 Å². The van der Waals surface area contributed by atoms with E-state index >= 15 is 0 Å². The first-order valence-electron chi connectivity index (χ1n) is 9.36. The Bertz CT molecular complexity index is 1260. The molecule has 0 radical (unpaired) electrons. The number of ether oxygens (including phenoxy) is 2. The second-order valence-corrected chi connectivity index (χ2v) is 6.44. The highest BCUT2D eigenvalue weighted by Gasteiger charge is 2.14. The summed E-state index contributed by atoms with van der Waals surface area (Å²) in [6, 6.07) is 15.5. The van der Waals surface area contributed by atoms with Gasteiger partial charge in [0.15, 0.2) is 11.5 Å². The number of aromatic nitrogens is 3. The summed E-state index contributed by atoms with van der Waals surface area (Å²) >= 11 is 0. The van der Waals surface area contributed by atoms with Gasteiger partial charge in [-0.25, -0.2) is 9.97 Å². The van der Waals surface area contributed by atoms with E-state index in [2.05, 4.69) is 27.1 Å². The van der Waals surface area contributed by atoms with Gasteiger partial charge < -0.3 is 14.8 Å². The SMILES string of the molecule is CNc1nc(-c2cccc(C#Cc3cccnc3)c2)c2cc(OC)c(OC)cc2n1. The molecule has 0 atom stereocenters. The predicted octanol–water partition coefficient (Wildman–Crippen LogP) is 4.15.